The second-order valence-electron chi connectivity index (χ2n) is 6.68. The molecule has 27 heavy (non-hydrogen) atoms. The van der Waals surface area contributed by atoms with Crippen molar-refractivity contribution in [2.45, 2.75) is 5.92 Å². The summed E-state index contributed by atoms with van der Waals surface area (Å²) in [5.74, 6) is -0.0384. The minimum absolute atomic E-state index is 0.0384. The molecular formula is C23H16Cl2N2. The Hall–Kier alpha value is -2.68. The zero-order valence-corrected chi connectivity index (χ0v) is 15.9. The molecule has 0 saturated carbocycles. The van der Waals surface area contributed by atoms with Crippen LogP contribution >= 0.6 is 23.2 Å². The van der Waals surface area contributed by atoms with Crippen molar-refractivity contribution in [3.63, 3.8) is 0 Å². The number of aromatic nitrogens is 2. The summed E-state index contributed by atoms with van der Waals surface area (Å²) in [6.07, 6.45) is 4.16. The fraction of sp³-hybridized carbons (Fsp3) is 0.0435. The van der Waals surface area contributed by atoms with Gasteiger partial charge in [0.15, 0.2) is 0 Å². The van der Waals surface area contributed by atoms with Crippen molar-refractivity contribution < 1.29 is 0 Å². The first-order chi connectivity index (χ1) is 13.2. The fourth-order valence-corrected chi connectivity index (χ4v) is 4.31. The van der Waals surface area contributed by atoms with Gasteiger partial charge in [-0.15, -0.1) is 0 Å². The number of fused-ring (bicyclic) bond motifs is 2. The lowest BCUT2D eigenvalue weighted by atomic mass is 9.84. The SMILES string of the molecule is Clc1ccc(Cl)c(C(c2c[nH]c3ccccc23)c2c[nH]c3ccccc23)c1. The first-order valence-corrected chi connectivity index (χ1v) is 9.55. The number of benzene rings is 3. The van der Waals surface area contributed by atoms with Crippen LogP contribution in [0.25, 0.3) is 21.8 Å². The van der Waals surface area contributed by atoms with E-state index in [0.717, 1.165) is 16.6 Å². The highest BCUT2D eigenvalue weighted by molar-refractivity contribution is 6.33. The molecule has 0 aliphatic rings. The highest BCUT2D eigenvalue weighted by atomic mass is 35.5. The van der Waals surface area contributed by atoms with E-state index >= 15 is 0 Å². The molecule has 0 aliphatic heterocycles. The largest absolute Gasteiger partial charge is 0.361 e. The maximum absolute atomic E-state index is 6.65. The van der Waals surface area contributed by atoms with Gasteiger partial charge in [-0.05, 0) is 47.0 Å². The molecule has 0 atom stereocenters. The Balaban J connectivity index is 1.84. The van der Waals surface area contributed by atoms with Crippen LogP contribution in [0.15, 0.2) is 79.1 Å². The summed E-state index contributed by atoms with van der Waals surface area (Å²) in [6.45, 7) is 0. The summed E-state index contributed by atoms with van der Waals surface area (Å²) in [5.41, 5.74) is 5.57. The van der Waals surface area contributed by atoms with Gasteiger partial charge in [-0.25, -0.2) is 0 Å². The molecule has 2 N–H and O–H groups in total. The van der Waals surface area contributed by atoms with E-state index in [1.165, 1.54) is 21.9 Å². The van der Waals surface area contributed by atoms with Crippen molar-refractivity contribution in [1.82, 2.24) is 9.97 Å². The molecule has 0 amide bonds. The van der Waals surface area contributed by atoms with E-state index in [-0.39, 0.29) is 5.92 Å². The monoisotopic (exact) mass is 390 g/mol. The van der Waals surface area contributed by atoms with Crippen molar-refractivity contribution in [3.05, 3.63) is 106 Å². The average molecular weight is 391 g/mol. The minimum atomic E-state index is -0.0384. The van der Waals surface area contributed by atoms with Gasteiger partial charge < -0.3 is 9.97 Å². The normalized spacial score (nSPS) is 11.7. The van der Waals surface area contributed by atoms with E-state index in [4.69, 9.17) is 23.2 Å². The number of rotatable bonds is 3. The second kappa shape index (κ2) is 6.49. The topological polar surface area (TPSA) is 31.6 Å². The van der Waals surface area contributed by atoms with Gasteiger partial charge in [0.2, 0.25) is 0 Å². The molecule has 0 radical (unpaired) electrons. The second-order valence-corrected chi connectivity index (χ2v) is 7.52. The number of aromatic amines is 2. The lowest BCUT2D eigenvalue weighted by Crippen LogP contribution is -2.03. The summed E-state index contributed by atoms with van der Waals surface area (Å²) in [5, 5.41) is 3.76. The van der Waals surface area contributed by atoms with Gasteiger partial charge in [0, 0.05) is 50.2 Å². The zero-order chi connectivity index (χ0) is 18.4. The number of hydrogen-bond donors (Lipinski definition) is 2. The number of hydrogen-bond acceptors (Lipinski definition) is 0. The Labute approximate surface area is 166 Å². The number of nitrogens with one attached hydrogen (secondary N) is 2. The Morgan fingerprint density at radius 3 is 1.78 bits per heavy atom. The molecule has 3 aromatic carbocycles. The van der Waals surface area contributed by atoms with E-state index in [0.29, 0.717) is 10.0 Å². The van der Waals surface area contributed by atoms with Crippen LogP contribution in [0.4, 0.5) is 0 Å². The van der Waals surface area contributed by atoms with Gasteiger partial charge in [-0.2, -0.15) is 0 Å². The van der Waals surface area contributed by atoms with E-state index in [1.54, 1.807) is 0 Å². The van der Waals surface area contributed by atoms with Gasteiger partial charge in [0.1, 0.15) is 0 Å². The molecule has 0 unspecified atom stereocenters. The molecule has 2 aromatic heterocycles. The molecule has 0 spiro atoms. The molecular weight excluding hydrogens is 375 g/mol. The van der Waals surface area contributed by atoms with Crippen molar-refractivity contribution in [3.8, 4) is 0 Å². The molecule has 5 rings (SSSR count). The van der Waals surface area contributed by atoms with E-state index in [2.05, 4.69) is 58.8 Å². The van der Waals surface area contributed by atoms with Crippen molar-refractivity contribution in [2.75, 3.05) is 0 Å². The summed E-state index contributed by atoms with van der Waals surface area (Å²) in [7, 11) is 0. The van der Waals surface area contributed by atoms with Gasteiger partial charge in [0.05, 0.1) is 0 Å². The fourth-order valence-electron chi connectivity index (χ4n) is 3.90. The van der Waals surface area contributed by atoms with Crippen LogP contribution in [-0.4, -0.2) is 9.97 Å². The quantitative estimate of drug-likeness (QED) is 0.328. The summed E-state index contributed by atoms with van der Waals surface area (Å²) in [6, 6.07) is 22.3. The summed E-state index contributed by atoms with van der Waals surface area (Å²) in [4.78, 5) is 6.79. The summed E-state index contributed by atoms with van der Waals surface area (Å²) < 4.78 is 0. The molecule has 0 aliphatic carbocycles. The number of H-pyrrole nitrogens is 2. The van der Waals surface area contributed by atoms with Crippen LogP contribution in [0.1, 0.15) is 22.6 Å². The molecule has 5 aromatic rings. The Morgan fingerprint density at radius 1 is 0.630 bits per heavy atom. The highest BCUT2D eigenvalue weighted by Gasteiger charge is 2.25. The van der Waals surface area contributed by atoms with E-state index in [1.807, 2.05) is 30.3 Å². The minimum Gasteiger partial charge on any atom is -0.361 e. The van der Waals surface area contributed by atoms with Crippen LogP contribution in [0.3, 0.4) is 0 Å². The lowest BCUT2D eigenvalue weighted by molar-refractivity contribution is 0.998. The molecule has 2 heterocycles. The zero-order valence-electron chi connectivity index (χ0n) is 14.3. The van der Waals surface area contributed by atoms with Crippen LogP contribution in [0.2, 0.25) is 10.0 Å². The molecule has 2 nitrogen and oxygen atoms in total. The van der Waals surface area contributed by atoms with Gasteiger partial charge in [0.25, 0.3) is 0 Å². The van der Waals surface area contributed by atoms with Crippen LogP contribution in [-0.2, 0) is 0 Å². The van der Waals surface area contributed by atoms with Gasteiger partial charge >= 0.3 is 0 Å². The highest BCUT2D eigenvalue weighted by Crippen LogP contribution is 2.42. The van der Waals surface area contributed by atoms with Gasteiger partial charge in [-0.3, -0.25) is 0 Å². The third-order valence-corrected chi connectivity index (χ3v) is 5.71. The van der Waals surface area contributed by atoms with Crippen molar-refractivity contribution in [1.29, 1.82) is 0 Å². The third-order valence-electron chi connectivity index (χ3n) is 5.13. The van der Waals surface area contributed by atoms with Crippen molar-refractivity contribution >= 4 is 45.0 Å². The smallest absolute Gasteiger partial charge is 0.0457 e. The Bertz CT molecular complexity index is 1190. The molecule has 132 valence electrons. The van der Waals surface area contributed by atoms with Gasteiger partial charge in [-0.1, -0.05) is 59.6 Å². The maximum Gasteiger partial charge on any atom is 0.0457 e. The molecule has 0 bridgehead atoms. The number of para-hydroxylation sites is 2. The van der Waals surface area contributed by atoms with Crippen LogP contribution in [0, 0.1) is 0 Å². The Kier molecular flexibility index (Phi) is 3.96. The first kappa shape index (κ1) is 16.5. The molecule has 0 saturated heterocycles. The standard InChI is InChI=1S/C23H16Cl2N2/c24-14-9-10-20(25)17(11-14)23(18-12-26-21-7-3-1-5-15(18)21)19-13-27-22-8-4-2-6-16(19)22/h1-13,23,26-27H. The third kappa shape index (κ3) is 2.73. The summed E-state index contributed by atoms with van der Waals surface area (Å²) >= 11 is 13.0. The predicted molar refractivity (Wildman–Crippen MR) is 114 cm³/mol. The first-order valence-electron chi connectivity index (χ1n) is 8.79. The Morgan fingerprint density at radius 2 is 1.19 bits per heavy atom. The lowest BCUT2D eigenvalue weighted by Gasteiger charge is -2.19. The van der Waals surface area contributed by atoms with Crippen LogP contribution in [0.5, 0.6) is 0 Å². The maximum atomic E-state index is 6.65. The van der Waals surface area contributed by atoms with E-state index < -0.39 is 0 Å². The molecule has 4 heteroatoms. The van der Waals surface area contributed by atoms with Crippen molar-refractivity contribution in [2.24, 2.45) is 0 Å². The molecule has 0 fully saturated rings. The van der Waals surface area contributed by atoms with E-state index in [9.17, 15) is 0 Å². The average Bonchev–Trinajstić information content (AvgIpc) is 3.30. The predicted octanol–water partition coefficient (Wildman–Crippen LogP) is 7.14. The van der Waals surface area contributed by atoms with Crippen LogP contribution < -0.4 is 0 Å². The number of halogens is 2.